The van der Waals surface area contributed by atoms with Gasteiger partial charge in [0.1, 0.15) is 0 Å². The molecule has 0 aromatic rings. The first-order chi connectivity index (χ1) is 7.43. The highest BCUT2D eigenvalue weighted by atomic mass is 16.3. The fourth-order valence-electron chi connectivity index (χ4n) is 2.40. The van der Waals surface area contributed by atoms with Gasteiger partial charge < -0.3 is 10.4 Å². The standard InChI is InChI=1S/C13H28N2O/c1-11(7-10-16)14-12-5-8-15(9-6-12)13(2,3)4/h11-12,14,16H,5-10H2,1-4H3/t11-/m1/s1. The SMILES string of the molecule is C[C@H](CCO)NC1CCN(C(C)(C)C)CC1. The van der Waals surface area contributed by atoms with Gasteiger partial charge in [-0.3, -0.25) is 4.90 Å². The Morgan fingerprint density at radius 2 is 1.88 bits per heavy atom. The maximum atomic E-state index is 8.87. The molecular weight excluding hydrogens is 200 g/mol. The summed E-state index contributed by atoms with van der Waals surface area (Å²) in [5, 5.41) is 12.5. The lowest BCUT2D eigenvalue weighted by Crippen LogP contribution is -2.51. The Morgan fingerprint density at radius 1 is 1.31 bits per heavy atom. The lowest BCUT2D eigenvalue weighted by molar-refractivity contribution is 0.0932. The molecule has 0 spiro atoms. The van der Waals surface area contributed by atoms with Crippen LogP contribution < -0.4 is 5.32 Å². The number of piperidine rings is 1. The third kappa shape index (κ3) is 4.40. The van der Waals surface area contributed by atoms with Crippen molar-refractivity contribution in [3.8, 4) is 0 Å². The summed E-state index contributed by atoms with van der Waals surface area (Å²) >= 11 is 0. The zero-order valence-electron chi connectivity index (χ0n) is 11.3. The highest BCUT2D eigenvalue weighted by Crippen LogP contribution is 2.20. The van der Waals surface area contributed by atoms with Gasteiger partial charge in [-0.1, -0.05) is 0 Å². The molecular formula is C13H28N2O. The van der Waals surface area contributed by atoms with E-state index in [1.807, 2.05) is 0 Å². The zero-order valence-corrected chi connectivity index (χ0v) is 11.3. The molecule has 0 saturated carbocycles. The number of hydrogen-bond donors (Lipinski definition) is 2. The van der Waals surface area contributed by atoms with Crippen molar-refractivity contribution in [2.75, 3.05) is 19.7 Å². The summed E-state index contributed by atoms with van der Waals surface area (Å²) in [6.07, 6.45) is 3.32. The lowest BCUT2D eigenvalue weighted by atomic mass is 9.97. The topological polar surface area (TPSA) is 35.5 Å². The van der Waals surface area contributed by atoms with Crippen molar-refractivity contribution >= 4 is 0 Å². The highest BCUT2D eigenvalue weighted by molar-refractivity contribution is 4.85. The third-order valence-electron chi connectivity index (χ3n) is 3.53. The van der Waals surface area contributed by atoms with E-state index < -0.39 is 0 Å². The lowest BCUT2D eigenvalue weighted by Gasteiger charge is -2.41. The van der Waals surface area contributed by atoms with Gasteiger partial charge in [-0.2, -0.15) is 0 Å². The van der Waals surface area contributed by atoms with Gasteiger partial charge in [0.15, 0.2) is 0 Å². The van der Waals surface area contributed by atoms with Crippen LogP contribution in [0.25, 0.3) is 0 Å². The average Bonchev–Trinajstić information content (AvgIpc) is 2.17. The minimum absolute atomic E-state index is 0.287. The minimum atomic E-state index is 0.287. The molecule has 0 amide bonds. The van der Waals surface area contributed by atoms with Crippen molar-refractivity contribution in [1.82, 2.24) is 10.2 Å². The van der Waals surface area contributed by atoms with Gasteiger partial charge >= 0.3 is 0 Å². The number of likely N-dealkylation sites (tertiary alicyclic amines) is 1. The van der Waals surface area contributed by atoms with E-state index in [9.17, 15) is 0 Å². The molecule has 0 aromatic carbocycles. The van der Waals surface area contributed by atoms with Crippen LogP contribution in [0.5, 0.6) is 0 Å². The molecule has 0 radical (unpaired) electrons. The summed E-state index contributed by atoms with van der Waals surface area (Å²) in [4.78, 5) is 2.56. The predicted octanol–water partition coefficient (Wildman–Crippen LogP) is 1.61. The van der Waals surface area contributed by atoms with Gasteiger partial charge in [-0.25, -0.2) is 0 Å². The van der Waals surface area contributed by atoms with E-state index in [-0.39, 0.29) is 6.61 Å². The Kier molecular flexibility index (Phi) is 5.22. The van der Waals surface area contributed by atoms with Gasteiger partial charge in [-0.05, 0) is 47.0 Å². The fraction of sp³-hybridized carbons (Fsp3) is 1.00. The smallest absolute Gasteiger partial charge is 0.0445 e. The summed E-state index contributed by atoms with van der Waals surface area (Å²) in [6, 6.07) is 1.08. The molecule has 1 rings (SSSR count). The molecule has 0 aromatic heterocycles. The van der Waals surface area contributed by atoms with E-state index in [1.54, 1.807) is 0 Å². The second-order valence-corrected chi connectivity index (χ2v) is 6.01. The molecule has 3 nitrogen and oxygen atoms in total. The molecule has 0 aliphatic carbocycles. The van der Waals surface area contributed by atoms with E-state index in [2.05, 4.69) is 37.9 Å². The molecule has 16 heavy (non-hydrogen) atoms. The predicted molar refractivity (Wildman–Crippen MR) is 68.6 cm³/mol. The molecule has 1 aliphatic heterocycles. The summed E-state index contributed by atoms with van der Waals surface area (Å²) in [6.45, 7) is 11.7. The molecule has 0 bridgehead atoms. The maximum Gasteiger partial charge on any atom is 0.0445 e. The van der Waals surface area contributed by atoms with Crippen LogP contribution in [-0.4, -0.2) is 47.3 Å². The van der Waals surface area contributed by atoms with Crippen molar-refractivity contribution in [3.63, 3.8) is 0 Å². The number of nitrogens with zero attached hydrogens (tertiary/aromatic N) is 1. The zero-order chi connectivity index (χ0) is 12.2. The van der Waals surface area contributed by atoms with Crippen LogP contribution in [0.4, 0.5) is 0 Å². The molecule has 1 saturated heterocycles. The Morgan fingerprint density at radius 3 is 2.31 bits per heavy atom. The third-order valence-corrected chi connectivity index (χ3v) is 3.53. The first-order valence-corrected chi connectivity index (χ1v) is 6.55. The summed E-state index contributed by atoms with van der Waals surface area (Å²) < 4.78 is 0. The van der Waals surface area contributed by atoms with Crippen LogP contribution in [0.15, 0.2) is 0 Å². The molecule has 0 unspecified atom stereocenters. The second kappa shape index (κ2) is 5.99. The number of aliphatic hydroxyl groups excluding tert-OH is 1. The first-order valence-electron chi connectivity index (χ1n) is 6.55. The van der Waals surface area contributed by atoms with Crippen LogP contribution >= 0.6 is 0 Å². The van der Waals surface area contributed by atoms with Gasteiger partial charge in [0.25, 0.3) is 0 Å². The van der Waals surface area contributed by atoms with Crippen LogP contribution in [0.1, 0.15) is 47.0 Å². The van der Waals surface area contributed by atoms with E-state index in [4.69, 9.17) is 5.11 Å². The number of rotatable bonds is 4. The van der Waals surface area contributed by atoms with Crippen LogP contribution in [0.3, 0.4) is 0 Å². The summed E-state index contributed by atoms with van der Waals surface area (Å²) in [5.74, 6) is 0. The van der Waals surface area contributed by atoms with Crippen LogP contribution in [-0.2, 0) is 0 Å². The average molecular weight is 228 g/mol. The monoisotopic (exact) mass is 228 g/mol. The normalized spacial score (nSPS) is 22.3. The van der Waals surface area contributed by atoms with Gasteiger partial charge in [0, 0.05) is 37.3 Å². The van der Waals surface area contributed by atoms with Crippen molar-refractivity contribution in [3.05, 3.63) is 0 Å². The van der Waals surface area contributed by atoms with Crippen molar-refractivity contribution in [2.24, 2.45) is 0 Å². The molecule has 1 heterocycles. The van der Waals surface area contributed by atoms with E-state index in [0.717, 1.165) is 6.42 Å². The quantitative estimate of drug-likeness (QED) is 0.767. The Labute approximate surface area is 100 Å². The maximum absolute atomic E-state index is 8.87. The summed E-state index contributed by atoms with van der Waals surface area (Å²) in [5.41, 5.74) is 0.307. The first kappa shape index (κ1) is 13.9. The number of hydrogen-bond acceptors (Lipinski definition) is 3. The Bertz CT molecular complexity index is 193. The molecule has 2 N–H and O–H groups in total. The van der Waals surface area contributed by atoms with Gasteiger partial charge in [-0.15, -0.1) is 0 Å². The second-order valence-electron chi connectivity index (χ2n) is 6.01. The summed E-state index contributed by atoms with van der Waals surface area (Å²) in [7, 11) is 0. The van der Waals surface area contributed by atoms with Crippen LogP contribution in [0.2, 0.25) is 0 Å². The number of aliphatic hydroxyl groups is 1. The van der Waals surface area contributed by atoms with Crippen molar-refractivity contribution in [2.45, 2.75) is 64.6 Å². The van der Waals surface area contributed by atoms with E-state index >= 15 is 0 Å². The van der Waals surface area contributed by atoms with Gasteiger partial charge in [0.05, 0.1) is 0 Å². The Hall–Kier alpha value is -0.120. The molecule has 1 atom stereocenters. The molecule has 96 valence electrons. The van der Waals surface area contributed by atoms with E-state index in [0.29, 0.717) is 17.6 Å². The van der Waals surface area contributed by atoms with E-state index in [1.165, 1.54) is 25.9 Å². The van der Waals surface area contributed by atoms with Gasteiger partial charge in [0.2, 0.25) is 0 Å². The molecule has 1 aliphatic rings. The molecule has 1 fully saturated rings. The minimum Gasteiger partial charge on any atom is -0.396 e. The van der Waals surface area contributed by atoms with Crippen molar-refractivity contribution < 1.29 is 5.11 Å². The fourth-order valence-corrected chi connectivity index (χ4v) is 2.40. The largest absolute Gasteiger partial charge is 0.396 e. The highest BCUT2D eigenvalue weighted by Gasteiger charge is 2.27. The number of nitrogens with one attached hydrogen (secondary N) is 1. The van der Waals surface area contributed by atoms with Crippen LogP contribution in [0, 0.1) is 0 Å². The molecule has 3 heteroatoms. The Balaban J connectivity index is 2.27. The van der Waals surface area contributed by atoms with Crippen molar-refractivity contribution in [1.29, 1.82) is 0 Å².